The van der Waals surface area contributed by atoms with Gasteiger partial charge in [-0.1, -0.05) is 66.2 Å². The van der Waals surface area contributed by atoms with Crippen LogP contribution in [-0.2, 0) is 17.8 Å². The van der Waals surface area contributed by atoms with E-state index < -0.39 is 0 Å². The fraction of sp³-hybridized carbons (Fsp3) is 0.154. The fourth-order valence-electron chi connectivity index (χ4n) is 3.47. The third-order valence-corrected chi connectivity index (χ3v) is 5.33. The molecule has 0 aliphatic carbocycles. The quantitative estimate of drug-likeness (QED) is 0.363. The van der Waals surface area contributed by atoms with Gasteiger partial charge in [-0.3, -0.25) is 4.79 Å². The van der Waals surface area contributed by atoms with Crippen molar-refractivity contribution in [3.63, 3.8) is 0 Å². The molecule has 1 N–H and O–H groups in total. The molecule has 0 saturated heterocycles. The smallest absolute Gasteiger partial charge is 0.244 e. The van der Waals surface area contributed by atoms with Gasteiger partial charge < -0.3 is 14.6 Å². The zero-order chi connectivity index (χ0) is 22.2. The highest BCUT2D eigenvalue weighted by Crippen LogP contribution is 2.23. The van der Waals surface area contributed by atoms with Crippen molar-refractivity contribution in [1.29, 1.82) is 0 Å². The molecule has 0 spiro atoms. The molecule has 0 saturated carbocycles. The van der Waals surface area contributed by atoms with Gasteiger partial charge in [0.15, 0.2) is 0 Å². The van der Waals surface area contributed by atoms with Gasteiger partial charge in [-0.2, -0.15) is 0 Å². The molecule has 0 radical (unpaired) electrons. The minimum Gasteiger partial charge on any atom is -0.490 e. The first kappa shape index (κ1) is 21.7. The van der Waals surface area contributed by atoms with Crippen LogP contribution < -0.4 is 10.1 Å². The maximum Gasteiger partial charge on any atom is 0.244 e. The molecule has 1 heterocycles. The maximum atomic E-state index is 12.2. The van der Waals surface area contributed by atoms with Crippen molar-refractivity contribution < 1.29 is 9.53 Å². The highest BCUT2D eigenvalue weighted by Gasteiger charge is 2.11. The fourth-order valence-corrected chi connectivity index (χ4v) is 3.66. The molecule has 6 heteroatoms. The number of carbonyl (C=O) groups is 1. The third kappa shape index (κ3) is 5.56. The Morgan fingerprint density at radius 1 is 1.00 bits per heavy atom. The Morgan fingerprint density at radius 2 is 1.75 bits per heavy atom. The van der Waals surface area contributed by atoms with E-state index in [0.29, 0.717) is 36.9 Å². The van der Waals surface area contributed by atoms with E-state index in [2.05, 4.69) is 9.88 Å². The van der Waals surface area contributed by atoms with Gasteiger partial charge in [0, 0.05) is 19.0 Å². The zero-order valence-electron chi connectivity index (χ0n) is 17.6. The normalized spacial score (nSPS) is 11.2. The van der Waals surface area contributed by atoms with E-state index in [1.807, 2.05) is 78.9 Å². The summed E-state index contributed by atoms with van der Waals surface area (Å²) in [4.78, 5) is 16.9. The van der Waals surface area contributed by atoms with E-state index in [-0.39, 0.29) is 5.91 Å². The standard InChI is InChI=1S/C26H24ClN3O2/c27-21-10-4-7-13-24(21)32-19-18-30-23-12-6-5-11-22(23)29-25(30)16-17-28-26(31)15-14-20-8-2-1-3-9-20/h1-15H,16-19H2,(H,28,31)/b15-14+. The number of ether oxygens (including phenoxy) is 1. The van der Waals surface area contributed by atoms with Crippen molar-refractivity contribution in [3.8, 4) is 5.75 Å². The summed E-state index contributed by atoms with van der Waals surface area (Å²) in [6.45, 7) is 1.58. The summed E-state index contributed by atoms with van der Waals surface area (Å²) in [6.07, 6.45) is 3.97. The lowest BCUT2D eigenvalue weighted by molar-refractivity contribution is -0.116. The lowest BCUT2D eigenvalue weighted by atomic mass is 10.2. The number of aromatic nitrogens is 2. The van der Waals surface area contributed by atoms with Gasteiger partial charge in [0.1, 0.15) is 18.2 Å². The molecule has 0 fully saturated rings. The summed E-state index contributed by atoms with van der Waals surface area (Å²) >= 11 is 6.18. The highest BCUT2D eigenvalue weighted by atomic mass is 35.5. The Kier molecular flexibility index (Phi) is 7.20. The molecule has 0 aliphatic rings. The summed E-state index contributed by atoms with van der Waals surface area (Å²) < 4.78 is 8.01. The van der Waals surface area contributed by atoms with Crippen LogP contribution in [0.4, 0.5) is 0 Å². The number of fused-ring (bicyclic) bond motifs is 1. The van der Waals surface area contributed by atoms with Crippen LogP contribution in [0, 0.1) is 0 Å². The summed E-state index contributed by atoms with van der Waals surface area (Å²) in [5, 5.41) is 3.53. The van der Waals surface area contributed by atoms with Crippen LogP contribution in [0.25, 0.3) is 17.1 Å². The third-order valence-electron chi connectivity index (χ3n) is 5.02. The van der Waals surface area contributed by atoms with E-state index in [1.165, 1.54) is 0 Å². The molecule has 0 bridgehead atoms. The zero-order valence-corrected chi connectivity index (χ0v) is 18.3. The van der Waals surface area contributed by atoms with E-state index in [4.69, 9.17) is 21.3 Å². The molecule has 1 aromatic heterocycles. The molecule has 1 amide bonds. The number of imidazole rings is 1. The molecule has 32 heavy (non-hydrogen) atoms. The Labute approximate surface area is 192 Å². The molecule has 4 rings (SSSR count). The van der Waals surface area contributed by atoms with Crippen molar-refractivity contribution in [3.05, 3.63) is 101 Å². The van der Waals surface area contributed by atoms with Gasteiger partial charge >= 0.3 is 0 Å². The first-order chi connectivity index (χ1) is 15.7. The van der Waals surface area contributed by atoms with Crippen molar-refractivity contribution in [2.75, 3.05) is 13.2 Å². The number of halogens is 1. The Morgan fingerprint density at radius 3 is 2.59 bits per heavy atom. The lowest BCUT2D eigenvalue weighted by Crippen LogP contribution is -2.25. The predicted molar refractivity (Wildman–Crippen MR) is 129 cm³/mol. The molecule has 3 aromatic carbocycles. The van der Waals surface area contributed by atoms with Crippen LogP contribution in [0.1, 0.15) is 11.4 Å². The van der Waals surface area contributed by atoms with Crippen molar-refractivity contribution in [2.24, 2.45) is 0 Å². The second-order valence-corrected chi connectivity index (χ2v) is 7.64. The average molecular weight is 446 g/mol. The monoisotopic (exact) mass is 445 g/mol. The topological polar surface area (TPSA) is 56.2 Å². The van der Waals surface area contributed by atoms with Gasteiger partial charge in [0.25, 0.3) is 0 Å². The number of para-hydroxylation sites is 3. The lowest BCUT2D eigenvalue weighted by Gasteiger charge is -2.12. The molecule has 0 atom stereocenters. The van der Waals surface area contributed by atoms with Gasteiger partial charge in [-0.05, 0) is 35.9 Å². The van der Waals surface area contributed by atoms with Crippen LogP contribution in [0.15, 0.2) is 84.9 Å². The predicted octanol–water partition coefficient (Wildman–Crippen LogP) is 5.14. The van der Waals surface area contributed by atoms with E-state index in [0.717, 1.165) is 22.4 Å². The average Bonchev–Trinajstić information content (AvgIpc) is 3.17. The summed E-state index contributed by atoms with van der Waals surface area (Å²) in [6, 6.07) is 25.2. The second kappa shape index (κ2) is 10.6. The molecule has 0 aliphatic heterocycles. The summed E-state index contributed by atoms with van der Waals surface area (Å²) in [5.41, 5.74) is 2.96. The number of hydrogen-bond donors (Lipinski definition) is 1. The molecular weight excluding hydrogens is 422 g/mol. The molecule has 4 aromatic rings. The molecular formula is C26H24ClN3O2. The molecule has 0 unspecified atom stereocenters. The largest absolute Gasteiger partial charge is 0.490 e. The Balaban J connectivity index is 1.38. The minimum absolute atomic E-state index is 0.126. The minimum atomic E-state index is -0.126. The SMILES string of the molecule is O=C(/C=C/c1ccccc1)NCCc1nc2ccccc2n1CCOc1ccccc1Cl. The van der Waals surface area contributed by atoms with Crippen molar-refractivity contribution in [1.82, 2.24) is 14.9 Å². The van der Waals surface area contributed by atoms with E-state index in [1.54, 1.807) is 12.2 Å². The van der Waals surface area contributed by atoms with Crippen LogP contribution in [0.3, 0.4) is 0 Å². The maximum absolute atomic E-state index is 12.2. The Bertz CT molecular complexity index is 1220. The van der Waals surface area contributed by atoms with E-state index >= 15 is 0 Å². The van der Waals surface area contributed by atoms with Gasteiger partial charge in [0.2, 0.25) is 5.91 Å². The summed E-state index contributed by atoms with van der Waals surface area (Å²) in [5.74, 6) is 1.44. The molecule has 5 nitrogen and oxygen atoms in total. The number of carbonyl (C=O) groups excluding carboxylic acids is 1. The van der Waals surface area contributed by atoms with Crippen LogP contribution in [0.2, 0.25) is 5.02 Å². The van der Waals surface area contributed by atoms with Gasteiger partial charge in [-0.25, -0.2) is 4.98 Å². The number of nitrogens with one attached hydrogen (secondary N) is 1. The van der Waals surface area contributed by atoms with Gasteiger partial charge in [0.05, 0.1) is 22.6 Å². The van der Waals surface area contributed by atoms with Crippen LogP contribution in [0.5, 0.6) is 5.75 Å². The highest BCUT2D eigenvalue weighted by molar-refractivity contribution is 6.32. The number of rotatable bonds is 9. The van der Waals surface area contributed by atoms with Crippen molar-refractivity contribution >= 4 is 34.6 Å². The Hall–Kier alpha value is -3.57. The first-order valence-corrected chi connectivity index (χ1v) is 10.9. The van der Waals surface area contributed by atoms with Gasteiger partial charge in [-0.15, -0.1) is 0 Å². The summed E-state index contributed by atoms with van der Waals surface area (Å²) in [7, 11) is 0. The second-order valence-electron chi connectivity index (χ2n) is 7.23. The molecule has 162 valence electrons. The number of nitrogens with zero attached hydrogens (tertiary/aromatic N) is 2. The number of benzene rings is 3. The van der Waals surface area contributed by atoms with Crippen molar-refractivity contribution in [2.45, 2.75) is 13.0 Å². The number of amides is 1. The van der Waals surface area contributed by atoms with E-state index in [9.17, 15) is 4.79 Å². The number of hydrogen-bond acceptors (Lipinski definition) is 3. The van der Waals surface area contributed by atoms with Crippen LogP contribution in [-0.4, -0.2) is 28.6 Å². The first-order valence-electron chi connectivity index (χ1n) is 10.5. The van der Waals surface area contributed by atoms with Crippen LogP contribution >= 0.6 is 11.6 Å².